The zero-order valence-corrected chi connectivity index (χ0v) is 21.5. The van der Waals surface area contributed by atoms with Gasteiger partial charge in [0.2, 0.25) is 5.91 Å². The average Bonchev–Trinajstić information content (AvgIpc) is 3.61. The van der Waals surface area contributed by atoms with Gasteiger partial charge in [0, 0.05) is 24.6 Å². The van der Waals surface area contributed by atoms with Crippen LogP contribution in [-0.2, 0) is 11.0 Å². The van der Waals surface area contributed by atoms with Crippen LogP contribution < -0.4 is 0 Å². The molecule has 2 aromatic carbocycles. The first-order valence-corrected chi connectivity index (χ1v) is 12.0. The van der Waals surface area contributed by atoms with Crippen molar-refractivity contribution in [3.05, 3.63) is 75.6 Å². The molecule has 1 unspecified atom stereocenters. The molecule has 1 fully saturated rings. The number of hydrogen-bond donors (Lipinski definition) is 0. The van der Waals surface area contributed by atoms with Crippen molar-refractivity contribution in [1.29, 1.82) is 0 Å². The maximum atomic E-state index is 15.0. The Morgan fingerprint density at radius 1 is 1.00 bits per heavy atom. The Morgan fingerprint density at radius 2 is 1.61 bits per heavy atom. The zero-order chi connectivity index (χ0) is 31.1. The van der Waals surface area contributed by atoms with E-state index >= 15 is 0 Å². The van der Waals surface area contributed by atoms with E-state index in [0.717, 1.165) is 7.05 Å². The van der Waals surface area contributed by atoms with Gasteiger partial charge in [0.1, 0.15) is 24.1 Å². The molecule has 224 valence electrons. The topological polar surface area (TPSA) is 37.4 Å². The second kappa shape index (κ2) is 11.3. The molecule has 0 spiro atoms. The SMILES string of the molecule is CN(CC(F)(F)F)C(=O)C1(CC(=O)c2ccc(/C(F)=C/C(c3ccc(F)c(Cl)c3)C(F)(F)F)cc2C(F)(F)F)CC1. The Kier molecular flexibility index (Phi) is 8.88. The fraction of sp³-hybridized carbons (Fsp3) is 0.385. The number of nitrogens with zero attached hydrogens (tertiary/aromatic N) is 1. The Labute approximate surface area is 230 Å². The van der Waals surface area contributed by atoms with Crippen molar-refractivity contribution in [3.63, 3.8) is 0 Å². The number of ketones is 1. The van der Waals surface area contributed by atoms with Gasteiger partial charge in [0.05, 0.1) is 16.0 Å². The Bertz CT molecular complexity index is 1360. The highest BCUT2D eigenvalue weighted by molar-refractivity contribution is 6.30. The van der Waals surface area contributed by atoms with E-state index in [2.05, 4.69) is 0 Å². The first kappa shape index (κ1) is 32.4. The summed E-state index contributed by atoms with van der Waals surface area (Å²) >= 11 is 5.51. The number of alkyl halides is 9. The summed E-state index contributed by atoms with van der Waals surface area (Å²) in [6.45, 7) is -1.64. The van der Waals surface area contributed by atoms with Crippen molar-refractivity contribution in [2.45, 2.75) is 43.7 Å². The van der Waals surface area contributed by atoms with E-state index in [4.69, 9.17) is 11.6 Å². The second-order valence-electron chi connectivity index (χ2n) is 9.62. The molecule has 0 heterocycles. The Balaban J connectivity index is 1.95. The van der Waals surface area contributed by atoms with Crippen molar-refractivity contribution in [2.24, 2.45) is 5.41 Å². The van der Waals surface area contributed by atoms with E-state index in [1.807, 2.05) is 0 Å². The molecule has 1 saturated carbocycles. The lowest BCUT2D eigenvalue weighted by molar-refractivity contribution is -0.161. The third-order valence-corrected chi connectivity index (χ3v) is 6.73. The molecule has 0 N–H and O–H groups in total. The second-order valence-corrected chi connectivity index (χ2v) is 10.0. The quantitative estimate of drug-likeness (QED) is 0.219. The number of Topliss-reactive ketones (excluding diaryl/α,β-unsaturated/α-hetero) is 1. The molecule has 3 rings (SSSR count). The first-order chi connectivity index (χ1) is 18.6. The number of benzene rings is 2. The van der Waals surface area contributed by atoms with Crippen LogP contribution in [0.25, 0.3) is 5.83 Å². The molecule has 0 radical (unpaired) electrons. The van der Waals surface area contributed by atoms with Gasteiger partial charge in [-0.15, -0.1) is 0 Å². The molecule has 0 bridgehead atoms. The highest BCUT2D eigenvalue weighted by atomic mass is 35.5. The standard InChI is InChI=1S/C26H19ClF11NO2/c1-39(12-24(30,31)32)22(41)23(6-7-23)11-21(40)15-4-2-14(8-17(15)26(36,37)38)20(29)10-16(25(33,34)35)13-3-5-19(28)18(27)9-13/h2-5,8-10,16H,6-7,11-12H2,1H3/b20-10-. The van der Waals surface area contributed by atoms with E-state index in [9.17, 15) is 57.9 Å². The molecular formula is C26H19ClF11NO2. The third kappa shape index (κ3) is 7.77. The maximum Gasteiger partial charge on any atom is 0.417 e. The van der Waals surface area contributed by atoms with Gasteiger partial charge in [0.15, 0.2) is 5.78 Å². The van der Waals surface area contributed by atoms with Gasteiger partial charge >= 0.3 is 18.5 Å². The van der Waals surface area contributed by atoms with E-state index in [-0.39, 0.29) is 25.0 Å². The Hall–Kier alpha value is -3.16. The van der Waals surface area contributed by atoms with Gasteiger partial charge in [-0.25, -0.2) is 8.78 Å². The highest BCUT2D eigenvalue weighted by Gasteiger charge is 2.54. The minimum absolute atomic E-state index is 0.0328. The van der Waals surface area contributed by atoms with Crippen molar-refractivity contribution in [1.82, 2.24) is 4.90 Å². The number of amides is 1. The van der Waals surface area contributed by atoms with Crippen LogP contribution in [0.4, 0.5) is 48.3 Å². The number of rotatable bonds is 8. The summed E-state index contributed by atoms with van der Waals surface area (Å²) in [5.74, 6) is -7.89. The molecule has 41 heavy (non-hydrogen) atoms. The van der Waals surface area contributed by atoms with Crippen LogP contribution in [0.15, 0.2) is 42.5 Å². The highest BCUT2D eigenvalue weighted by Crippen LogP contribution is 2.51. The molecule has 15 heteroatoms. The summed E-state index contributed by atoms with van der Waals surface area (Å²) in [5.41, 5.74) is -6.07. The Morgan fingerprint density at radius 3 is 2.10 bits per heavy atom. The summed E-state index contributed by atoms with van der Waals surface area (Å²) in [5, 5.41) is -0.704. The number of carbonyl (C=O) groups excluding carboxylic acids is 2. The van der Waals surface area contributed by atoms with Crippen LogP contribution in [0.1, 0.15) is 52.2 Å². The number of hydrogen-bond acceptors (Lipinski definition) is 2. The molecule has 2 aromatic rings. The van der Waals surface area contributed by atoms with E-state index in [1.165, 1.54) is 0 Å². The molecular weight excluding hydrogens is 603 g/mol. The minimum atomic E-state index is -5.30. The summed E-state index contributed by atoms with van der Waals surface area (Å²) in [4.78, 5) is 25.7. The fourth-order valence-corrected chi connectivity index (χ4v) is 4.45. The van der Waals surface area contributed by atoms with Gasteiger partial charge in [-0.2, -0.15) is 39.5 Å². The number of allylic oxidation sites excluding steroid dienone is 1. The van der Waals surface area contributed by atoms with E-state index in [1.54, 1.807) is 0 Å². The average molecular weight is 622 g/mol. The summed E-state index contributed by atoms with van der Waals surface area (Å²) < 4.78 is 149. The van der Waals surface area contributed by atoms with Gasteiger partial charge in [-0.3, -0.25) is 9.59 Å². The van der Waals surface area contributed by atoms with Crippen LogP contribution >= 0.6 is 11.6 Å². The van der Waals surface area contributed by atoms with Crippen molar-refractivity contribution >= 4 is 29.1 Å². The molecule has 3 nitrogen and oxygen atoms in total. The monoisotopic (exact) mass is 621 g/mol. The van der Waals surface area contributed by atoms with Crippen LogP contribution in [0.5, 0.6) is 0 Å². The molecule has 1 amide bonds. The summed E-state index contributed by atoms with van der Waals surface area (Å²) in [6, 6.07) is 3.11. The molecule has 0 aromatic heterocycles. The van der Waals surface area contributed by atoms with Crippen molar-refractivity contribution in [3.8, 4) is 0 Å². The van der Waals surface area contributed by atoms with Crippen molar-refractivity contribution < 1.29 is 57.9 Å². The van der Waals surface area contributed by atoms with E-state index < -0.39 is 93.4 Å². The van der Waals surface area contributed by atoms with Gasteiger partial charge < -0.3 is 4.90 Å². The largest absolute Gasteiger partial charge is 0.417 e. The van der Waals surface area contributed by atoms with Gasteiger partial charge in [-0.1, -0.05) is 29.8 Å². The predicted octanol–water partition coefficient (Wildman–Crippen LogP) is 8.53. The van der Waals surface area contributed by atoms with Crippen molar-refractivity contribution in [2.75, 3.05) is 13.6 Å². The molecule has 1 aliphatic carbocycles. The fourth-order valence-electron chi connectivity index (χ4n) is 4.26. The van der Waals surface area contributed by atoms with Crippen LogP contribution in [0.3, 0.4) is 0 Å². The lowest BCUT2D eigenvalue weighted by atomic mass is 9.90. The lowest BCUT2D eigenvalue weighted by Crippen LogP contribution is -2.41. The predicted molar refractivity (Wildman–Crippen MR) is 125 cm³/mol. The zero-order valence-electron chi connectivity index (χ0n) is 20.7. The maximum absolute atomic E-state index is 15.0. The van der Waals surface area contributed by atoms with E-state index in [0.29, 0.717) is 35.2 Å². The van der Waals surface area contributed by atoms with Crippen LogP contribution in [0.2, 0.25) is 5.02 Å². The molecule has 1 aliphatic rings. The lowest BCUT2D eigenvalue weighted by Gasteiger charge is -2.24. The smallest absolute Gasteiger partial charge is 0.336 e. The third-order valence-electron chi connectivity index (χ3n) is 6.44. The van der Waals surface area contributed by atoms with Gasteiger partial charge in [-0.05, 0) is 42.7 Å². The minimum Gasteiger partial charge on any atom is -0.336 e. The summed E-state index contributed by atoms with van der Waals surface area (Å²) in [6.07, 6.45) is -16.2. The molecule has 0 aliphatic heterocycles. The summed E-state index contributed by atoms with van der Waals surface area (Å²) in [7, 11) is 0.833. The number of halogens is 12. The molecule has 1 atom stereocenters. The van der Waals surface area contributed by atoms with Crippen LogP contribution in [0, 0.1) is 11.2 Å². The van der Waals surface area contributed by atoms with Crippen LogP contribution in [-0.4, -0.2) is 42.5 Å². The first-order valence-electron chi connectivity index (χ1n) is 11.6. The number of carbonyl (C=O) groups is 2. The van der Waals surface area contributed by atoms with Gasteiger partial charge in [0.25, 0.3) is 0 Å². The normalized spacial score (nSPS) is 16.4. The molecule has 0 saturated heterocycles.